The average Bonchev–Trinajstić information content (AvgIpc) is 3.19. The Bertz CT molecular complexity index is 1180. The molecule has 3 aromatic rings. The van der Waals surface area contributed by atoms with E-state index >= 15 is 0 Å². The molecule has 2 aromatic heterocycles. The SMILES string of the molecule is O=C(C=Cc1ccc2ccccc2n1)N1CCN(S(=O)(=O)c2ccc(Cl)s2)CC1. The molecule has 0 radical (unpaired) electrons. The molecule has 6 nitrogen and oxygen atoms in total. The number of benzene rings is 1. The van der Waals surface area contributed by atoms with Crippen molar-refractivity contribution in [1.82, 2.24) is 14.2 Å². The van der Waals surface area contributed by atoms with Crippen LogP contribution in [0.3, 0.4) is 0 Å². The number of carbonyl (C=O) groups is 1. The number of sulfonamides is 1. The molecule has 0 bridgehead atoms. The lowest BCUT2D eigenvalue weighted by Crippen LogP contribution is -2.50. The molecule has 0 spiro atoms. The lowest BCUT2D eigenvalue weighted by atomic mass is 10.2. The van der Waals surface area contributed by atoms with Crippen LogP contribution < -0.4 is 0 Å². The van der Waals surface area contributed by atoms with Crippen LogP contribution in [0.1, 0.15) is 5.69 Å². The molecule has 3 heterocycles. The molecule has 150 valence electrons. The van der Waals surface area contributed by atoms with E-state index in [4.69, 9.17) is 11.6 Å². The number of halogens is 1. The van der Waals surface area contributed by atoms with E-state index in [1.54, 1.807) is 17.0 Å². The van der Waals surface area contributed by atoms with Crippen molar-refractivity contribution in [2.24, 2.45) is 0 Å². The number of pyridine rings is 1. The zero-order valence-electron chi connectivity index (χ0n) is 15.4. The predicted octanol–water partition coefficient (Wildman–Crippen LogP) is 3.50. The Hall–Kier alpha value is -2.26. The van der Waals surface area contributed by atoms with Crippen molar-refractivity contribution in [1.29, 1.82) is 0 Å². The maximum absolute atomic E-state index is 12.6. The fourth-order valence-corrected chi connectivity index (χ4v) is 6.21. The van der Waals surface area contributed by atoms with Crippen molar-refractivity contribution in [3.63, 3.8) is 0 Å². The zero-order chi connectivity index (χ0) is 20.4. The molecule has 0 aliphatic carbocycles. The molecule has 0 saturated carbocycles. The maximum atomic E-state index is 12.6. The van der Waals surface area contributed by atoms with E-state index in [1.807, 2.05) is 36.4 Å². The summed E-state index contributed by atoms with van der Waals surface area (Å²) in [6, 6.07) is 14.7. The van der Waals surface area contributed by atoms with E-state index in [9.17, 15) is 13.2 Å². The van der Waals surface area contributed by atoms with Crippen LogP contribution in [0.4, 0.5) is 0 Å². The number of amides is 1. The Kier molecular flexibility index (Phi) is 5.69. The minimum atomic E-state index is -3.56. The molecule has 0 unspecified atom stereocenters. The lowest BCUT2D eigenvalue weighted by Gasteiger charge is -2.33. The highest BCUT2D eigenvalue weighted by Gasteiger charge is 2.30. The summed E-state index contributed by atoms with van der Waals surface area (Å²) >= 11 is 6.90. The Morgan fingerprint density at radius 3 is 2.52 bits per heavy atom. The summed E-state index contributed by atoms with van der Waals surface area (Å²) in [5, 5.41) is 1.04. The van der Waals surface area contributed by atoms with Gasteiger partial charge in [-0.15, -0.1) is 11.3 Å². The van der Waals surface area contributed by atoms with Crippen molar-refractivity contribution in [3.8, 4) is 0 Å². The Balaban J connectivity index is 1.39. The Morgan fingerprint density at radius 1 is 1.03 bits per heavy atom. The van der Waals surface area contributed by atoms with Crippen LogP contribution in [0, 0.1) is 0 Å². The second kappa shape index (κ2) is 8.23. The smallest absolute Gasteiger partial charge is 0.252 e. The van der Waals surface area contributed by atoms with E-state index in [2.05, 4.69) is 4.98 Å². The van der Waals surface area contributed by atoms with Crippen LogP contribution in [0.5, 0.6) is 0 Å². The normalized spacial score (nSPS) is 16.0. The van der Waals surface area contributed by atoms with Crippen LogP contribution >= 0.6 is 22.9 Å². The van der Waals surface area contributed by atoms with E-state index < -0.39 is 10.0 Å². The highest BCUT2D eigenvalue weighted by molar-refractivity contribution is 7.91. The Labute approximate surface area is 178 Å². The molecule has 1 aliphatic heterocycles. The topological polar surface area (TPSA) is 70.6 Å². The molecule has 1 aliphatic rings. The number of fused-ring (bicyclic) bond motifs is 1. The summed E-state index contributed by atoms with van der Waals surface area (Å²) in [6.45, 7) is 1.19. The molecule has 9 heteroatoms. The number of rotatable bonds is 4. The first-order chi connectivity index (χ1) is 13.9. The van der Waals surface area contributed by atoms with Crippen molar-refractivity contribution >= 4 is 55.8 Å². The van der Waals surface area contributed by atoms with Crippen LogP contribution in [-0.4, -0.2) is 54.7 Å². The zero-order valence-corrected chi connectivity index (χ0v) is 17.8. The van der Waals surface area contributed by atoms with Gasteiger partial charge in [-0.25, -0.2) is 13.4 Å². The fraction of sp³-hybridized carbons (Fsp3) is 0.200. The van der Waals surface area contributed by atoms with E-state index in [0.717, 1.165) is 22.2 Å². The minimum Gasteiger partial charge on any atom is -0.337 e. The van der Waals surface area contributed by atoms with Gasteiger partial charge in [0, 0.05) is 37.6 Å². The lowest BCUT2D eigenvalue weighted by molar-refractivity contribution is -0.127. The summed E-state index contributed by atoms with van der Waals surface area (Å²) in [6.07, 6.45) is 3.17. The summed E-state index contributed by atoms with van der Waals surface area (Å²) < 4.78 is 27.4. The van der Waals surface area contributed by atoms with Gasteiger partial charge in [0.25, 0.3) is 10.0 Å². The molecule has 1 aromatic carbocycles. The Morgan fingerprint density at radius 2 is 1.79 bits per heavy atom. The van der Waals surface area contributed by atoms with Gasteiger partial charge in [0.2, 0.25) is 5.91 Å². The monoisotopic (exact) mass is 447 g/mol. The number of para-hydroxylation sites is 1. The molecular formula is C20H18ClN3O3S2. The van der Waals surface area contributed by atoms with Crippen molar-refractivity contribution in [3.05, 3.63) is 64.6 Å². The molecule has 4 rings (SSSR count). The first-order valence-corrected chi connectivity index (χ1v) is 11.7. The second-order valence-corrected chi connectivity index (χ2v) is 10.4. The van der Waals surface area contributed by atoms with Gasteiger partial charge in [0.15, 0.2) is 0 Å². The van der Waals surface area contributed by atoms with E-state index in [0.29, 0.717) is 23.1 Å². The number of aromatic nitrogens is 1. The number of hydrogen-bond acceptors (Lipinski definition) is 5. The number of nitrogens with zero attached hydrogens (tertiary/aromatic N) is 3. The van der Waals surface area contributed by atoms with Crippen LogP contribution in [0.15, 0.2) is 58.8 Å². The summed E-state index contributed by atoms with van der Waals surface area (Å²) in [5.74, 6) is -0.156. The quantitative estimate of drug-likeness (QED) is 0.574. The van der Waals surface area contributed by atoms with Gasteiger partial charge < -0.3 is 4.90 Å². The third-order valence-corrected chi connectivity index (χ3v) is 8.31. The van der Waals surface area contributed by atoms with Gasteiger partial charge >= 0.3 is 0 Å². The number of hydrogen-bond donors (Lipinski definition) is 0. The van der Waals surface area contributed by atoms with Gasteiger partial charge in [0.1, 0.15) is 4.21 Å². The summed E-state index contributed by atoms with van der Waals surface area (Å²) in [7, 11) is -3.56. The molecule has 0 N–H and O–H groups in total. The van der Waals surface area contributed by atoms with Gasteiger partial charge in [-0.2, -0.15) is 4.31 Å². The van der Waals surface area contributed by atoms with Crippen molar-refractivity contribution < 1.29 is 13.2 Å². The number of thiophene rings is 1. The molecule has 1 fully saturated rings. The predicted molar refractivity (Wildman–Crippen MR) is 115 cm³/mol. The number of piperazine rings is 1. The number of carbonyl (C=O) groups excluding carboxylic acids is 1. The van der Waals surface area contributed by atoms with Gasteiger partial charge in [-0.05, 0) is 30.3 Å². The average molecular weight is 448 g/mol. The van der Waals surface area contributed by atoms with Gasteiger partial charge in [0.05, 0.1) is 15.5 Å². The standard InChI is InChI=1S/C20H18ClN3O3S2/c21-18-8-10-20(28-18)29(26,27)24-13-11-23(12-14-24)19(25)9-7-16-6-5-15-3-1-2-4-17(15)22-16/h1-10H,11-14H2. The fourth-order valence-electron chi connectivity index (χ4n) is 3.15. The highest BCUT2D eigenvalue weighted by atomic mass is 35.5. The van der Waals surface area contributed by atoms with Crippen LogP contribution in [-0.2, 0) is 14.8 Å². The molecular weight excluding hydrogens is 430 g/mol. The van der Waals surface area contributed by atoms with E-state index in [-0.39, 0.29) is 23.2 Å². The first kappa shape index (κ1) is 20.0. The van der Waals surface area contributed by atoms with Gasteiger partial charge in [-0.3, -0.25) is 4.79 Å². The van der Waals surface area contributed by atoms with Crippen LogP contribution in [0.2, 0.25) is 4.34 Å². The van der Waals surface area contributed by atoms with E-state index in [1.165, 1.54) is 16.4 Å². The molecule has 29 heavy (non-hydrogen) atoms. The third-order valence-electron chi connectivity index (χ3n) is 4.71. The van der Waals surface area contributed by atoms with Crippen molar-refractivity contribution in [2.75, 3.05) is 26.2 Å². The summed E-state index contributed by atoms with van der Waals surface area (Å²) in [5.41, 5.74) is 1.57. The third kappa shape index (κ3) is 4.35. The first-order valence-electron chi connectivity index (χ1n) is 9.02. The molecule has 0 atom stereocenters. The highest BCUT2D eigenvalue weighted by Crippen LogP contribution is 2.28. The molecule has 1 saturated heterocycles. The molecule has 1 amide bonds. The van der Waals surface area contributed by atoms with Crippen LogP contribution in [0.25, 0.3) is 17.0 Å². The van der Waals surface area contributed by atoms with Crippen molar-refractivity contribution in [2.45, 2.75) is 4.21 Å². The largest absolute Gasteiger partial charge is 0.337 e. The summed E-state index contributed by atoms with van der Waals surface area (Å²) in [4.78, 5) is 18.7. The van der Waals surface area contributed by atoms with Gasteiger partial charge in [-0.1, -0.05) is 35.9 Å². The maximum Gasteiger partial charge on any atom is 0.252 e. The minimum absolute atomic E-state index is 0.156. The second-order valence-electron chi connectivity index (χ2n) is 6.55.